The Morgan fingerprint density at radius 2 is 1.96 bits per heavy atom. The number of hydrogen-bond acceptors (Lipinski definition) is 4. The summed E-state index contributed by atoms with van der Waals surface area (Å²) < 4.78 is 5.36. The fraction of sp³-hybridized carbons (Fsp3) is 0.316. The quantitative estimate of drug-likeness (QED) is 0.770. The van der Waals surface area contributed by atoms with Crippen LogP contribution in [0.2, 0.25) is 0 Å². The van der Waals surface area contributed by atoms with Gasteiger partial charge in [0.1, 0.15) is 5.75 Å². The lowest BCUT2D eigenvalue weighted by Crippen LogP contribution is -2.26. The van der Waals surface area contributed by atoms with E-state index in [2.05, 4.69) is 48.4 Å². The number of rotatable bonds is 4. The lowest BCUT2D eigenvalue weighted by atomic mass is 9.91. The molecule has 0 spiro atoms. The number of ether oxygens (including phenoxy) is 1. The predicted molar refractivity (Wildman–Crippen MR) is 95.3 cm³/mol. The van der Waals surface area contributed by atoms with Gasteiger partial charge in [-0.2, -0.15) is 5.26 Å². The van der Waals surface area contributed by atoms with Crippen LogP contribution in [-0.4, -0.2) is 19.9 Å². The second-order valence-electron chi connectivity index (χ2n) is 5.54. The molecule has 2 atom stereocenters. The Bertz CT molecular complexity index is 736. The second kappa shape index (κ2) is 6.55. The Morgan fingerprint density at radius 1 is 1.22 bits per heavy atom. The van der Waals surface area contributed by atoms with Crippen LogP contribution in [0.15, 0.2) is 47.4 Å². The number of nitriles is 1. The van der Waals surface area contributed by atoms with Crippen LogP contribution < -0.4 is 9.64 Å². The molecule has 1 heterocycles. The van der Waals surface area contributed by atoms with Gasteiger partial charge in [-0.15, -0.1) is 11.8 Å². The van der Waals surface area contributed by atoms with Crippen molar-refractivity contribution in [3.8, 4) is 11.8 Å². The largest absolute Gasteiger partial charge is 0.497 e. The normalized spacial score (nSPS) is 19.3. The van der Waals surface area contributed by atoms with Gasteiger partial charge >= 0.3 is 0 Å². The van der Waals surface area contributed by atoms with Crippen molar-refractivity contribution in [1.29, 1.82) is 5.26 Å². The van der Waals surface area contributed by atoms with Crippen LogP contribution in [0.1, 0.15) is 30.0 Å². The van der Waals surface area contributed by atoms with Crippen LogP contribution in [0.3, 0.4) is 0 Å². The van der Waals surface area contributed by atoms with Gasteiger partial charge in [0.25, 0.3) is 0 Å². The zero-order valence-corrected chi connectivity index (χ0v) is 14.4. The molecule has 3 rings (SSSR count). The molecule has 118 valence electrons. The number of hydrogen-bond donors (Lipinski definition) is 0. The number of anilines is 1. The van der Waals surface area contributed by atoms with E-state index in [1.54, 1.807) is 18.9 Å². The lowest BCUT2D eigenvalue weighted by Gasteiger charge is -2.28. The minimum Gasteiger partial charge on any atom is -0.497 e. The van der Waals surface area contributed by atoms with Crippen molar-refractivity contribution in [3.63, 3.8) is 0 Å². The van der Waals surface area contributed by atoms with Gasteiger partial charge in [-0.3, -0.25) is 0 Å². The average molecular weight is 324 g/mol. The van der Waals surface area contributed by atoms with Crippen molar-refractivity contribution in [2.75, 3.05) is 24.8 Å². The zero-order valence-electron chi connectivity index (χ0n) is 13.6. The van der Waals surface area contributed by atoms with Crippen LogP contribution in [0.25, 0.3) is 0 Å². The van der Waals surface area contributed by atoms with Gasteiger partial charge in [-0.05, 0) is 42.5 Å². The van der Waals surface area contributed by atoms with Crippen molar-refractivity contribution in [3.05, 3.63) is 53.6 Å². The van der Waals surface area contributed by atoms with Crippen LogP contribution >= 0.6 is 11.8 Å². The third kappa shape index (κ3) is 2.66. The maximum atomic E-state index is 9.77. The van der Waals surface area contributed by atoms with E-state index >= 15 is 0 Å². The predicted octanol–water partition coefficient (Wildman–Crippen LogP) is 4.61. The third-order valence-corrected chi connectivity index (χ3v) is 5.21. The molecule has 1 aliphatic heterocycles. The molecule has 0 fully saturated rings. The van der Waals surface area contributed by atoms with Gasteiger partial charge in [0.2, 0.25) is 0 Å². The molecular formula is C19H20N2OS. The molecule has 0 saturated carbocycles. The maximum Gasteiger partial charge on any atom is 0.120 e. The Labute approximate surface area is 141 Å². The summed E-state index contributed by atoms with van der Waals surface area (Å²) in [5.74, 6) is 0.674. The van der Waals surface area contributed by atoms with Crippen LogP contribution in [0, 0.1) is 11.3 Å². The molecule has 0 saturated heterocycles. The molecule has 0 aliphatic carbocycles. The van der Waals surface area contributed by atoms with Gasteiger partial charge in [-0.25, -0.2) is 0 Å². The lowest BCUT2D eigenvalue weighted by molar-refractivity contribution is 0.415. The van der Waals surface area contributed by atoms with Gasteiger partial charge in [0.15, 0.2) is 0 Å². The second-order valence-corrected chi connectivity index (χ2v) is 6.42. The molecule has 23 heavy (non-hydrogen) atoms. The first kappa shape index (κ1) is 15.8. The average Bonchev–Trinajstić information content (AvgIpc) is 2.94. The molecule has 0 bridgehead atoms. The van der Waals surface area contributed by atoms with Crippen LogP contribution in [0.4, 0.5) is 5.69 Å². The third-order valence-electron chi connectivity index (χ3n) is 4.47. The molecule has 0 aromatic heterocycles. The van der Waals surface area contributed by atoms with Crippen molar-refractivity contribution in [1.82, 2.24) is 0 Å². The Balaban J connectivity index is 2.07. The van der Waals surface area contributed by atoms with E-state index in [0.717, 1.165) is 23.5 Å². The van der Waals surface area contributed by atoms with E-state index in [1.807, 2.05) is 18.2 Å². The summed E-state index contributed by atoms with van der Waals surface area (Å²) in [5, 5.41) is 9.77. The molecule has 0 amide bonds. The summed E-state index contributed by atoms with van der Waals surface area (Å²) in [6.07, 6.45) is 2.07. The summed E-state index contributed by atoms with van der Waals surface area (Å²) in [4.78, 5) is 3.54. The van der Waals surface area contributed by atoms with Crippen molar-refractivity contribution < 1.29 is 4.74 Å². The van der Waals surface area contributed by atoms with E-state index in [4.69, 9.17) is 4.74 Å². The minimum atomic E-state index is -0.156. The molecule has 2 aromatic rings. The highest BCUT2D eigenvalue weighted by Gasteiger charge is 2.39. The number of likely N-dealkylation sites (N-methyl/N-ethyl adjacent to an activating group) is 1. The van der Waals surface area contributed by atoms with Crippen molar-refractivity contribution >= 4 is 17.4 Å². The monoisotopic (exact) mass is 324 g/mol. The smallest absolute Gasteiger partial charge is 0.120 e. The molecule has 2 unspecified atom stereocenters. The summed E-state index contributed by atoms with van der Waals surface area (Å²) in [5.41, 5.74) is 3.39. The molecule has 2 aromatic carbocycles. The first-order valence-corrected chi connectivity index (χ1v) is 8.94. The number of nitrogens with zero attached hydrogens (tertiary/aromatic N) is 2. The number of thioether (sulfide) groups is 1. The maximum absolute atomic E-state index is 9.77. The highest BCUT2D eigenvalue weighted by atomic mass is 32.2. The van der Waals surface area contributed by atoms with Crippen molar-refractivity contribution in [2.45, 2.75) is 23.8 Å². The highest BCUT2D eigenvalue weighted by Crippen LogP contribution is 2.49. The first-order valence-electron chi connectivity index (χ1n) is 7.71. The van der Waals surface area contributed by atoms with E-state index < -0.39 is 0 Å². The Hall–Kier alpha value is -2.12. The van der Waals surface area contributed by atoms with Gasteiger partial charge in [0, 0.05) is 23.2 Å². The summed E-state index contributed by atoms with van der Waals surface area (Å²) >= 11 is 1.73. The molecule has 0 radical (unpaired) electrons. The highest BCUT2D eigenvalue weighted by molar-refractivity contribution is 7.98. The van der Waals surface area contributed by atoms with Crippen LogP contribution in [-0.2, 0) is 0 Å². The molecule has 1 aliphatic rings. The van der Waals surface area contributed by atoms with E-state index in [0.29, 0.717) is 0 Å². The Kier molecular flexibility index (Phi) is 4.49. The van der Waals surface area contributed by atoms with Crippen molar-refractivity contribution in [2.24, 2.45) is 0 Å². The Morgan fingerprint density at radius 3 is 2.52 bits per heavy atom. The zero-order chi connectivity index (χ0) is 16.4. The van der Waals surface area contributed by atoms with Gasteiger partial charge < -0.3 is 9.64 Å². The number of benzene rings is 2. The molecular weight excluding hydrogens is 304 g/mol. The number of fused-ring (bicyclic) bond motifs is 1. The summed E-state index contributed by atoms with van der Waals surface area (Å²) in [7, 11) is 1.67. The number of methoxy groups -OCH3 is 1. The first-order chi connectivity index (χ1) is 11.2. The summed E-state index contributed by atoms with van der Waals surface area (Å²) in [6.45, 7) is 2.99. The topological polar surface area (TPSA) is 36.3 Å². The summed E-state index contributed by atoms with van der Waals surface area (Å²) in [6, 6.07) is 17.1. The van der Waals surface area contributed by atoms with E-state index in [9.17, 15) is 5.26 Å². The standard InChI is InChI=1S/C19H20N2OS/c1-4-21-18-11-14(22-2)7-10-16(18)17(12-20)19(21)13-5-8-15(23-3)9-6-13/h5-11,17,19H,4H2,1-3H3. The molecule has 3 nitrogen and oxygen atoms in total. The SMILES string of the molecule is CCN1c2cc(OC)ccc2C(C#N)C1c1ccc(SC)cc1. The van der Waals surface area contributed by atoms with E-state index in [-0.39, 0.29) is 12.0 Å². The van der Waals surface area contributed by atoms with E-state index in [1.165, 1.54) is 10.5 Å². The van der Waals surface area contributed by atoms with Gasteiger partial charge in [-0.1, -0.05) is 18.2 Å². The molecule has 0 N–H and O–H groups in total. The fourth-order valence-electron chi connectivity index (χ4n) is 3.34. The van der Waals surface area contributed by atoms with Gasteiger partial charge in [0.05, 0.1) is 25.1 Å². The minimum absolute atomic E-state index is 0.0583. The molecule has 4 heteroatoms. The fourth-order valence-corrected chi connectivity index (χ4v) is 3.75. The van der Waals surface area contributed by atoms with Crippen LogP contribution in [0.5, 0.6) is 5.75 Å².